The zero-order chi connectivity index (χ0) is 13.2. The van der Waals surface area contributed by atoms with Crippen LogP contribution in [-0.2, 0) is 11.3 Å². The fraction of sp³-hybridized carbons (Fsp3) is 0.176. The molecule has 102 valence electrons. The van der Waals surface area contributed by atoms with E-state index in [4.69, 9.17) is 0 Å². The van der Waals surface area contributed by atoms with Crippen LogP contribution in [0.25, 0.3) is 21.7 Å². The lowest BCUT2D eigenvalue weighted by atomic mass is 10.1. The number of aromatic nitrogens is 1. The molecule has 0 fully saturated rings. The molecule has 3 rings (SSSR count). The van der Waals surface area contributed by atoms with Crippen LogP contribution in [0.5, 0.6) is 0 Å². The normalized spacial score (nSPS) is 10.4. The lowest BCUT2D eigenvalue weighted by Gasteiger charge is -2.04. The van der Waals surface area contributed by atoms with Crippen molar-refractivity contribution in [2.75, 3.05) is 0 Å². The van der Waals surface area contributed by atoms with Crippen LogP contribution >= 0.6 is 0 Å². The fourth-order valence-corrected chi connectivity index (χ4v) is 2.48. The molecule has 2 nitrogen and oxygen atoms in total. The van der Waals surface area contributed by atoms with Gasteiger partial charge in [0.2, 0.25) is 12.1 Å². The monoisotopic (exact) mass is 329 g/mol. The van der Waals surface area contributed by atoms with Crippen LogP contribution in [0.4, 0.5) is 0 Å². The first-order valence-corrected chi connectivity index (χ1v) is 6.61. The molecule has 0 saturated heterocycles. The summed E-state index contributed by atoms with van der Waals surface area (Å²) in [4.78, 5) is 11.7. The maximum atomic E-state index is 11.7. The molecule has 20 heavy (non-hydrogen) atoms. The molecule has 0 radical (unpaired) electrons. The molecule has 0 spiro atoms. The number of pyridine rings is 1. The van der Waals surface area contributed by atoms with Crippen molar-refractivity contribution in [2.45, 2.75) is 19.9 Å². The van der Waals surface area contributed by atoms with Crippen molar-refractivity contribution in [1.29, 1.82) is 0 Å². The molecular formula is C17H16BrNO. The molecule has 3 aromatic rings. The second-order valence-electron chi connectivity index (χ2n) is 4.75. The molecule has 0 saturated carbocycles. The van der Waals surface area contributed by atoms with Gasteiger partial charge in [0.15, 0.2) is 12.0 Å². The van der Waals surface area contributed by atoms with Crippen molar-refractivity contribution in [2.24, 2.45) is 0 Å². The standard InChI is InChI=1S/C17H16NO.BrH/c1-2-14(19)12-18-11-13-7-3-4-8-15(13)16-9-5-6-10-17(16)18;/h3-11H,2,12H2,1H3;1H/q+1;/p-1. The number of halogens is 1. The summed E-state index contributed by atoms with van der Waals surface area (Å²) in [5.41, 5.74) is 1.11. The van der Waals surface area contributed by atoms with Gasteiger partial charge in [0.05, 0.1) is 5.39 Å². The first-order chi connectivity index (χ1) is 9.29. The third-order valence-electron chi connectivity index (χ3n) is 3.50. The fourth-order valence-electron chi connectivity index (χ4n) is 2.48. The molecule has 0 atom stereocenters. The minimum atomic E-state index is 0. The van der Waals surface area contributed by atoms with E-state index < -0.39 is 0 Å². The third kappa shape index (κ3) is 2.59. The van der Waals surface area contributed by atoms with Crippen LogP contribution in [0.15, 0.2) is 54.7 Å². The Bertz CT molecular complexity index is 767. The summed E-state index contributed by atoms with van der Waals surface area (Å²) in [5.74, 6) is 0.255. The maximum Gasteiger partial charge on any atom is 0.213 e. The van der Waals surface area contributed by atoms with Crippen molar-refractivity contribution in [3.63, 3.8) is 0 Å². The summed E-state index contributed by atoms with van der Waals surface area (Å²) < 4.78 is 2.06. The number of benzene rings is 2. The average molecular weight is 330 g/mol. The first kappa shape index (κ1) is 14.7. The van der Waals surface area contributed by atoms with E-state index in [-0.39, 0.29) is 22.8 Å². The smallest absolute Gasteiger partial charge is 0.213 e. The molecule has 1 aromatic heterocycles. The zero-order valence-corrected chi connectivity index (χ0v) is 12.9. The van der Waals surface area contributed by atoms with E-state index in [2.05, 4.69) is 41.1 Å². The number of carbonyl (C=O) groups excluding carboxylic acids is 1. The molecule has 0 amide bonds. The minimum Gasteiger partial charge on any atom is -1.00 e. The Balaban J connectivity index is 0.00000147. The Morgan fingerprint density at radius 2 is 1.65 bits per heavy atom. The largest absolute Gasteiger partial charge is 1.00 e. The lowest BCUT2D eigenvalue weighted by Crippen LogP contribution is -3.00. The van der Waals surface area contributed by atoms with Gasteiger partial charge in [-0.3, -0.25) is 4.79 Å². The van der Waals surface area contributed by atoms with Gasteiger partial charge < -0.3 is 17.0 Å². The van der Waals surface area contributed by atoms with Crippen molar-refractivity contribution in [3.05, 3.63) is 54.7 Å². The van der Waals surface area contributed by atoms with Crippen molar-refractivity contribution in [3.8, 4) is 0 Å². The second-order valence-corrected chi connectivity index (χ2v) is 4.75. The van der Waals surface area contributed by atoms with Crippen molar-refractivity contribution in [1.82, 2.24) is 0 Å². The Kier molecular flexibility index (Phi) is 4.50. The Labute approximate surface area is 128 Å². The summed E-state index contributed by atoms with van der Waals surface area (Å²) in [6.45, 7) is 2.36. The number of ketones is 1. The SMILES string of the molecule is CCC(=O)C[n+]1cc2ccccc2c2ccccc21.[Br-]. The second kappa shape index (κ2) is 6.14. The third-order valence-corrected chi connectivity index (χ3v) is 3.50. The van der Waals surface area contributed by atoms with Crippen molar-refractivity contribution < 1.29 is 26.3 Å². The minimum absolute atomic E-state index is 0. The van der Waals surface area contributed by atoms with E-state index in [9.17, 15) is 4.79 Å². The number of hydrogen-bond donors (Lipinski definition) is 0. The van der Waals surface area contributed by atoms with Gasteiger partial charge in [-0.05, 0) is 12.1 Å². The maximum absolute atomic E-state index is 11.7. The summed E-state index contributed by atoms with van der Waals surface area (Å²) in [7, 11) is 0. The quantitative estimate of drug-likeness (QED) is 0.499. The number of hydrogen-bond acceptors (Lipinski definition) is 1. The molecule has 2 aromatic carbocycles. The van der Waals surface area contributed by atoms with Gasteiger partial charge in [-0.15, -0.1) is 0 Å². The lowest BCUT2D eigenvalue weighted by molar-refractivity contribution is -0.657. The van der Waals surface area contributed by atoms with E-state index in [0.29, 0.717) is 13.0 Å². The highest BCUT2D eigenvalue weighted by atomic mass is 79.9. The molecule has 0 N–H and O–H groups in total. The molecular weight excluding hydrogens is 314 g/mol. The summed E-state index contributed by atoms with van der Waals surface area (Å²) in [6.07, 6.45) is 2.65. The number of carbonyl (C=O) groups is 1. The Morgan fingerprint density at radius 1 is 1.00 bits per heavy atom. The predicted octanol–water partition coefficient (Wildman–Crippen LogP) is 0.264. The molecule has 0 bridgehead atoms. The van der Waals surface area contributed by atoms with Gasteiger partial charge in [0, 0.05) is 23.3 Å². The topological polar surface area (TPSA) is 20.9 Å². The first-order valence-electron chi connectivity index (χ1n) is 6.61. The highest BCUT2D eigenvalue weighted by molar-refractivity contribution is 6.03. The van der Waals surface area contributed by atoms with Crippen LogP contribution in [0, 0.1) is 0 Å². The number of para-hydroxylation sites is 1. The molecule has 0 aliphatic carbocycles. The van der Waals surface area contributed by atoms with E-state index >= 15 is 0 Å². The highest BCUT2D eigenvalue weighted by Crippen LogP contribution is 2.21. The van der Waals surface area contributed by atoms with Crippen LogP contribution in [0.3, 0.4) is 0 Å². The van der Waals surface area contributed by atoms with E-state index in [0.717, 1.165) is 5.52 Å². The van der Waals surface area contributed by atoms with Crippen LogP contribution < -0.4 is 21.5 Å². The summed E-state index contributed by atoms with van der Waals surface area (Å²) >= 11 is 0. The molecule has 0 aliphatic rings. The molecule has 1 heterocycles. The average Bonchev–Trinajstić information content (AvgIpc) is 2.47. The van der Waals surface area contributed by atoms with E-state index in [1.807, 2.05) is 25.1 Å². The summed E-state index contributed by atoms with van der Waals surface area (Å²) in [6, 6.07) is 16.6. The molecule has 0 unspecified atom stereocenters. The highest BCUT2D eigenvalue weighted by Gasteiger charge is 2.14. The van der Waals surface area contributed by atoms with Crippen LogP contribution in [-0.4, -0.2) is 5.78 Å². The predicted molar refractivity (Wildman–Crippen MR) is 76.9 cm³/mol. The van der Waals surface area contributed by atoms with Crippen LogP contribution in [0.2, 0.25) is 0 Å². The number of fused-ring (bicyclic) bond motifs is 3. The molecule has 3 heteroatoms. The Hall–Kier alpha value is -1.74. The zero-order valence-electron chi connectivity index (χ0n) is 11.3. The van der Waals surface area contributed by atoms with Gasteiger partial charge in [-0.25, -0.2) is 0 Å². The van der Waals surface area contributed by atoms with Gasteiger partial charge >= 0.3 is 0 Å². The Morgan fingerprint density at radius 3 is 2.40 bits per heavy atom. The molecule has 0 aliphatic heterocycles. The number of nitrogens with zero attached hydrogens (tertiary/aromatic N) is 1. The van der Waals surface area contributed by atoms with Gasteiger partial charge in [0.25, 0.3) is 0 Å². The number of rotatable bonds is 3. The number of Topliss-reactive ketones (excluding diaryl/α,β-unsaturated/α-hetero) is 1. The van der Waals surface area contributed by atoms with E-state index in [1.165, 1.54) is 16.2 Å². The summed E-state index contributed by atoms with van der Waals surface area (Å²) in [5, 5.41) is 3.60. The van der Waals surface area contributed by atoms with E-state index in [1.54, 1.807) is 0 Å². The van der Waals surface area contributed by atoms with Gasteiger partial charge in [-0.2, -0.15) is 4.57 Å². The van der Waals surface area contributed by atoms with Gasteiger partial charge in [0.1, 0.15) is 0 Å². The van der Waals surface area contributed by atoms with Gasteiger partial charge in [-0.1, -0.05) is 37.3 Å². The van der Waals surface area contributed by atoms with Crippen molar-refractivity contribution >= 4 is 27.5 Å². The van der Waals surface area contributed by atoms with Crippen LogP contribution in [0.1, 0.15) is 13.3 Å².